The molecule has 5 atom stereocenters. The molecule has 204 valence electrons. The summed E-state index contributed by atoms with van der Waals surface area (Å²) in [4.78, 5) is 7.22. The number of rotatable bonds is 13. The molecule has 0 spiro atoms. The number of nitrogens with zero attached hydrogens (tertiary/aromatic N) is 3. The smallest absolute Gasteiger partial charge is 0.298 e. The lowest BCUT2D eigenvalue weighted by Gasteiger charge is -2.53. The van der Waals surface area contributed by atoms with Gasteiger partial charge in [-0.25, -0.2) is 9.24 Å². The van der Waals surface area contributed by atoms with Gasteiger partial charge in [-0.05, 0) is 81.6 Å². The van der Waals surface area contributed by atoms with Crippen LogP contribution >= 0.6 is 7.75 Å². The molecule has 2 aromatic rings. The Morgan fingerprint density at radius 2 is 1.76 bits per heavy atom. The second-order valence-electron chi connectivity index (χ2n) is 10.7. The Morgan fingerprint density at radius 3 is 2.32 bits per heavy atom. The number of likely N-dealkylation sites (N-methyl/N-ethyl adjacent to an activating group) is 1. The molecule has 0 N–H and O–H groups in total. The Bertz CT molecular complexity index is 1060. The number of fused-ring (bicyclic) bond motifs is 4. The number of para-hydroxylation sites is 1. The molecule has 3 aliphatic rings. The maximum Gasteiger partial charge on any atom is 0.409 e. The summed E-state index contributed by atoms with van der Waals surface area (Å²) in [6.45, 7) is 14.5. The van der Waals surface area contributed by atoms with Crippen LogP contribution in [0.3, 0.4) is 0 Å². The van der Waals surface area contributed by atoms with Gasteiger partial charge in [-0.2, -0.15) is 0 Å². The maximum atomic E-state index is 14.9. The summed E-state index contributed by atoms with van der Waals surface area (Å²) >= 11 is 0. The lowest BCUT2D eigenvalue weighted by Crippen LogP contribution is -2.56. The predicted octanol–water partition coefficient (Wildman–Crippen LogP) is 7.62. The molecule has 2 bridgehead atoms. The SMILES string of the molecule is C=C[C@H]1CN2CC[C@H]1C[C@H]2[C@H](c1ccnc2ccccc12)N(C)P(=O)(OC(CC)CC)OC(CC)CC. The van der Waals surface area contributed by atoms with Gasteiger partial charge in [0.1, 0.15) is 0 Å². The van der Waals surface area contributed by atoms with Gasteiger partial charge in [0.05, 0.1) is 23.8 Å². The lowest BCUT2D eigenvalue weighted by molar-refractivity contribution is -0.0190. The van der Waals surface area contributed by atoms with Crippen molar-refractivity contribution in [2.24, 2.45) is 11.8 Å². The molecule has 6 nitrogen and oxygen atoms in total. The van der Waals surface area contributed by atoms with Gasteiger partial charge in [0, 0.05) is 24.2 Å². The molecule has 1 aromatic heterocycles. The largest absolute Gasteiger partial charge is 0.409 e. The van der Waals surface area contributed by atoms with Crippen LogP contribution in [0.1, 0.15) is 77.8 Å². The molecule has 0 aliphatic carbocycles. The predicted molar refractivity (Wildman–Crippen MR) is 153 cm³/mol. The first-order valence-corrected chi connectivity index (χ1v) is 15.8. The van der Waals surface area contributed by atoms with Gasteiger partial charge < -0.3 is 0 Å². The summed E-state index contributed by atoms with van der Waals surface area (Å²) < 4.78 is 29.8. The van der Waals surface area contributed by atoms with E-state index in [1.807, 2.05) is 24.0 Å². The Morgan fingerprint density at radius 1 is 1.11 bits per heavy atom. The first-order valence-electron chi connectivity index (χ1n) is 14.3. The zero-order valence-corrected chi connectivity index (χ0v) is 24.3. The van der Waals surface area contributed by atoms with E-state index in [2.05, 4.69) is 74.5 Å². The Hall–Kier alpha value is -1.56. The number of aromatic nitrogens is 1. The Kier molecular flexibility index (Phi) is 9.63. The standard InChI is InChI=1S/C30H46N3O3P/c1-7-22-21-33-19-17-23(22)20-29(33)30(27-16-18-31-28-15-13-12-14-26(27)28)32(6)37(34,35-24(8-2)9-3)36-25(10-4)11-5/h7,12-16,18,22-25,29-30H,1,8-11,17,19-21H2,2-6H3/t22-,23-,29-,30-/m0/s1. The number of pyridine rings is 1. The number of hydrogen-bond acceptors (Lipinski definition) is 5. The minimum absolute atomic E-state index is 0.120. The van der Waals surface area contributed by atoms with E-state index < -0.39 is 7.75 Å². The van der Waals surface area contributed by atoms with Crippen LogP contribution in [0.2, 0.25) is 0 Å². The van der Waals surface area contributed by atoms with E-state index >= 15 is 0 Å². The van der Waals surface area contributed by atoms with E-state index in [1.54, 1.807) is 0 Å². The molecule has 1 unspecified atom stereocenters. The highest BCUT2D eigenvalue weighted by molar-refractivity contribution is 7.51. The minimum atomic E-state index is -3.63. The van der Waals surface area contributed by atoms with Gasteiger partial charge in [0.25, 0.3) is 0 Å². The molecule has 0 saturated carbocycles. The molecule has 0 radical (unpaired) electrons. The molecular weight excluding hydrogens is 481 g/mol. The van der Waals surface area contributed by atoms with Gasteiger partial charge in [-0.15, -0.1) is 6.58 Å². The summed E-state index contributed by atoms with van der Waals surface area (Å²) in [7, 11) is -1.68. The third-order valence-electron chi connectivity index (χ3n) is 8.69. The first-order chi connectivity index (χ1) is 17.9. The van der Waals surface area contributed by atoms with Crippen LogP contribution in [0, 0.1) is 11.8 Å². The van der Waals surface area contributed by atoms with Crippen LogP contribution in [-0.2, 0) is 13.6 Å². The van der Waals surface area contributed by atoms with E-state index in [4.69, 9.17) is 9.05 Å². The third-order valence-corrected chi connectivity index (χ3v) is 10.8. The van der Waals surface area contributed by atoms with Gasteiger partial charge in [-0.1, -0.05) is 52.0 Å². The summed E-state index contributed by atoms with van der Waals surface area (Å²) in [5.41, 5.74) is 2.09. The normalized spacial score (nSPS) is 24.9. The van der Waals surface area contributed by atoms with Crippen LogP contribution in [0.15, 0.2) is 49.2 Å². The molecular formula is C30H46N3O3P. The lowest BCUT2D eigenvalue weighted by atomic mass is 9.73. The number of piperidine rings is 3. The molecule has 5 rings (SSSR count). The van der Waals surface area contributed by atoms with Crippen molar-refractivity contribution in [2.45, 2.75) is 90.5 Å². The van der Waals surface area contributed by atoms with E-state index in [9.17, 15) is 4.57 Å². The molecule has 37 heavy (non-hydrogen) atoms. The van der Waals surface area contributed by atoms with Crippen molar-refractivity contribution in [3.63, 3.8) is 0 Å². The molecule has 3 aliphatic heterocycles. The van der Waals surface area contributed by atoms with Gasteiger partial charge in [-0.3, -0.25) is 18.9 Å². The van der Waals surface area contributed by atoms with Gasteiger partial charge in [0.2, 0.25) is 0 Å². The van der Waals surface area contributed by atoms with Crippen LogP contribution in [0.5, 0.6) is 0 Å². The van der Waals surface area contributed by atoms with Crippen LogP contribution in [0.25, 0.3) is 10.9 Å². The second-order valence-corrected chi connectivity index (χ2v) is 12.7. The number of hydrogen-bond donors (Lipinski definition) is 0. The van der Waals surface area contributed by atoms with E-state index in [0.717, 1.165) is 61.7 Å². The average Bonchev–Trinajstić information content (AvgIpc) is 2.95. The fourth-order valence-electron chi connectivity index (χ4n) is 6.32. The van der Waals surface area contributed by atoms with E-state index in [0.29, 0.717) is 11.8 Å². The average molecular weight is 528 g/mol. The van der Waals surface area contributed by atoms with Crippen LogP contribution < -0.4 is 0 Å². The van der Waals surface area contributed by atoms with Crippen LogP contribution in [-0.4, -0.2) is 52.9 Å². The van der Waals surface area contributed by atoms with Crippen molar-refractivity contribution in [3.05, 3.63) is 54.7 Å². The summed E-state index contributed by atoms with van der Waals surface area (Å²) in [6, 6.07) is 10.4. The summed E-state index contributed by atoms with van der Waals surface area (Å²) in [5, 5.41) is 1.10. The zero-order valence-electron chi connectivity index (χ0n) is 23.4. The van der Waals surface area contributed by atoms with Gasteiger partial charge in [0.15, 0.2) is 0 Å². The first kappa shape index (κ1) is 28.4. The minimum Gasteiger partial charge on any atom is -0.298 e. The van der Waals surface area contributed by atoms with Crippen molar-refractivity contribution >= 4 is 18.6 Å². The highest BCUT2D eigenvalue weighted by Crippen LogP contribution is 2.60. The van der Waals surface area contributed by atoms with Crippen LogP contribution in [0.4, 0.5) is 0 Å². The molecule has 7 heteroatoms. The fourth-order valence-corrected chi connectivity index (χ4v) is 8.60. The molecule has 1 aromatic carbocycles. The van der Waals surface area contributed by atoms with E-state index in [1.165, 1.54) is 6.42 Å². The number of benzene rings is 1. The fraction of sp³-hybridized carbons (Fsp3) is 0.633. The molecule has 0 amide bonds. The summed E-state index contributed by atoms with van der Waals surface area (Å²) in [5.74, 6) is 1.11. The van der Waals surface area contributed by atoms with Crippen molar-refractivity contribution in [2.75, 3.05) is 20.1 Å². The van der Waals surface area contributed by atoms with E-state index in [-0.39, 0.29) is 24.3 Å². The highest BCUT2D eigenvalue weighted by Gasteiger charge is 2.49. The maximum absolute atomic E-state index is 14.9. The third kappa shape index (κ3) is 5.89. The van der Waals surface area contributed by atoms with Crippen molar-refractivity contribution in [1.29, 1.82) is 0 Å². The quantitative estimate of drug-likeness (QED) is 0.197. The van der Waals surface area contributed by atoms with Crippen molar-refractivity contribution < 1.29 is 13.6 Å². The zero-order chi connectivity index (χ0) is 26.6. The molecule has 3 saturated heterocycles. The second kappa shape index (κ2) is 12.5. The topological polar surface area (TPSA) is 54.9 Å². The van der Waals surface area contributed by atoms with Crippen molar-refractivity contribution in [3.8, 4) is 0 Å². The van der Waals surface area contributed by atoms with Crippen molar-refractivity contribution in [1.82, 2.24) is 14.6 Å². The van der Waals surface area contributed by atoms with Gasteiger partial charge >= 0.3 is 7.75 Å². The molecule has 4 heterocycles. The highest BCUT2D eigenvalue weighted by atomic mass is 31.2. The Balaban J connectivity index is 1.82. The monoisotopic (exact) mass is 527 g/mol. The molecule has 3 fully saturated rings. The summed E-state index contributed by atoms with van der Waals surface area (Å²) in [6.07, 6.45) is 9.18. The Labute approximate surface area is 224 Å².